The fourth-order valence-electron chi connectivity index (χ4n) is 0. The summed E-state index contributed by atoms with van der Waals surface area (Å²) < 4.78 is 0. The third-order valence-electron chi connectivity index (χ3n) is 0. The second-order valence-corrected chi connectivity index (χ2v) is 0.492. The number of carbonyl (C=O) groups is 1. The summed E-state index contributed by atoms with van der Waals surface area (Å²) in [5.41, 5.74) is 0. The van der Waals surface area contributed by atoms with E-state index in [-0.39, 0.29) is 9.90 Å². The standard InChI is InChI=1S/C2H4O2.H3P/c1-2(3)4;/h1H3,(H,3,4);1H3/p-1. The summed E-state index contributed by atoms with van der Waals surface area (Å²) in [6.45, 7) is 0.972. The Morgan fingerprint density at radius 1 is 1.80 bits per heavy atom. The van der Waals surface area contributed by atoms with E-state index >= 15 is 0 Å². The van der Waals surface area contributed by atoms with Crippen molar-refractivity contribution < 1.29 is 9.90 Å². The maximum absolute atomic E-state index is 8.89. The van der Waals surface area contributed by atoms with Crippen molar-refractivity contribution in [1.82, 2.24) is 0 Å². The highest BCUT2D eigenvalue weighted by atomic mass is 31.0. The second-order valence-electron chi connectivity index (χ2n) is 0.492. The number of aliphatic carboxylic acids is 1. The van der Waals surface area contributed by atoms with E-state index < -0.39 is 5.97 Å². The molecule has 1 atom stereocenters. The highest BCUT2D eigenvalue weighted by molar-refractivity contribution is 6.92. The number of carbonyl (C=O) groups excluding carboxylic acids is 1. The van der Waals surface area contributed by atoms with Crippen LogP contribution in [0.2, 0.25) is 0 Å². The lowest BCUT2D eigenvalue weighted by Crippen LogP contribution is -2.16. The van der Waals surface area contributed by atoms with E-state index in [1.807, 2.05) is 0 Å². The molecule has 0 radical (unpaired) electrons. The molecular weight excluding hydrogens is 87.0 g/mol. The van der Waals surface area contributed by atoms with Crippen LogP contribution >= 0.6 is 9.90 Å². The van der Waals surface area contributed by atoms with Gasteiger partial charge in [-0.1, -0.05) is 0 Å². The molecule has 1 unspecified atom stereocenters. The van der Waals surface area contributed by atoms with Crippen molar-refractivity contribution in [1.29, 1.82) is 0 Å². The number of carboxylic acid groups (broad SMARTS) is 1. The van der Waals surface area contributed by atoms with E-state index in [9.17, 15) is 0 Å². The molecule has 0 aromatic heterocycles. The van der Waals surface area contributed by atoms with Gasteiger partial charge in [0.2, 0.25) is 0 Å². The summed E-state index contributed by atoms with van der Waals surface area (Å²) in [7, 11) is 0. The number of rotatable bonds is 0. The molecule has 0 aliphatic heterocycles. The summed E-state index contributed by atoms with van der Waals surface area (Å²) in [5.74, 6) is -1.08. The number of hydrogen-bond acceptors (Lipinski definition) is 2. The molecule has 0 rings (SSSR count). The molecule has 0 bridgehead atoms. The van der Waals surface area contributed by atoms with E-state index in [4.69, 9.17) is 9.90 Å². The van der Waals surface area contributed by atoms with Gasteiger partial charge in [0.1, 0.15) is 0 Å². The van der Waals surface area contributed by atoms with Crippen LogP contribution in [0.3, 0.4) is 0 Å². The second kappa shape index (κ2) is 3.90. The molecule has 0 aromatic carbocycles. The van der Waals surface area contributed by atoms with Gasteiger partial charge in [0.15, 0.2) is 0 Å². The highest BCUT2D eigenvalue weighted by Crippen LogP contribution is 1.31. The molecule has 0 saturated carbocycles. The first-order chi connectivity index (χ1) is 1.73. The van der Waals surface area contributed by atoms with Crippen LogP contribution in [0, 0.1) is 0 Å². The molecular formula is C2H6O2P-. The molecule has 0 aliphatic rings. The van der Waals surface area contributed by atoms with Crippen molar-refractivity contribution in [2.45, 2.75) is 6.92 Å². The van der Waals surface area contributed by atoms with Crippen molar-refractivity contribution in [3.63, 3.8) is 0 Å². The van der Waals surface area contributed by atoms with Crippen LogP contribution in [0.25, 0.3) is 0 Å². The van der Waals surface area contributed by atoms with Crippen molar-refractivity contribution >= 4 is 15.9 Å². The summed E-state index contributed by atoms with van der Waals surface area (Å²) in [5, 5.41) is 8.89. The summed E-state index contributed by atoms with van der Waals surface area (Å²) in [4.78, 5) is 8.89. The van der Waals surface area contributed by atoms with E-state index in [1.54, 1.807) is 0 Å². The first kappa shape index (κ1) is 8.86. The Bertz CT molecular complexity index is 30.6. The van der Waals surface area contributed by atoms with E-state index in [0.717, 1.165) is 6.92 Å². The van der Waals surface area contributed by atoms with Crippen LogP contribution in [0.15, 0.2) is 0 Å². The Morgan fingerprint density at radius 3 is 1.80 bits per heavy atom. The zero-order valence-electron chi connectivity index (χ0n) is 3.02. The molecule has 0 N–H and O–H groups in total. The van der Waals surface area contributed by atoms with Gasteiger partial charge in [-0.05, 0) is 6.92 Å². The smallest absolute Gasteiger partial charge is 0.0383 e. The van der Waals surface area contributed by atoms with Crippen LogP contribution < -0.4 is 5.11 Å². The van der Waals surface area contributed by atoms with Gasteiger partial charge in [-0.2, -0.15) is 9.90 Å². The molecule has 2 nitrogen and oxygen atoms in total. The molecule has 0 amide bonds. The Kier molecular flexibility index (Phi) is 6.91. The lowest BCUT2D eigenvalue weighted by Gasteiger charge is -1.77. The maximum atomic E-state index is 8.89. The molecule has 3 heteroatoms. The van der Waals surface area contributed by atoms with Crippen LogP contribution in [0.5, 0.6) is 0 Å². The minimum Gasteiger partial charge on any atom is -0.550 e. The normalized spacial score (nSPS) is 5.00. The van der Waals surface area contributed by atoms with Crippen molar-refractivity contribution in [2.24, 2.45) is 0 Å². The lowest BCUT2D eigenvalue weighted by atomic mass is 10.9. The third-order valence-corrected chi connectivity index (χ3v) is 0. The largest absolute Gasteiger partial charge is 0.550 e. The topological polar surface area (TPSA) is 40.1 Å². The first-order valence-electron chi connectivity index (χ1n) is 0.908. The van der Waals surface area contributed by atoms with E-state index in [2.05, 4.69) is 0 Å². The van der Waals surface area contributed by atoms with E-state index in [0.29, 0.717) is 0 Å². The first-order valence-corrected chi connectivity index (χ1v) is 0.908. The quantitative estimate of drug-likeness (QED) is 0.353. The SMILES string of the molecule is CC(=O)[O-].P. The average molecular weight is 93.0 g/mol. The molecule has 0 aliphatic carbocycles. The van der Waals surface area contributed by atoms with Gasteiger partial charge in [0.05, 0.1) is 0 Å². The predicted molar refractivity (Wildman–Crippen MR) is 21.8 cm³/mol. The molecule has 0 fully saturated rings. The van der Waals surface area contributed by atoms with Crippen molar-refractivity contribution in [3.05, 3.63) is 0 Å². The Balaban J connectivity index is 0. The lowest BCUT2D eigenvalue weighted by molar-refractivity contribution is -0.302. The van der Waals surface area contributed by atoms with Crippen molar-refractivity contribution in [2.75, 3.05) is 0 Å². The summed E-state index contributed by atoms with van der Waals surface area (Å²) >= 11 is 0. The molecule has 0 heterocycles. The fourth-order valence-corrected chi connectivity index (χ4v) is 0. The molecule has 0 spiro atoms. The van der Waals surface area contributed by atoms with E-state index in [1.165, 1.54) is 0 Å². The molecule has 32 valence electrons. The van der Waals surface area contributed by atoms with Gasteiger partial charge < -0.3 is 9.90 Å². The fraction of sp³-hybridized carbons (Fsp3) is 0.500. The Hall–Kier alpha value is -0.100. The monoisotopic (exact) mass is 93.0 g/mol. The average Bonchev–Trinajstić information content (AvgIpc) is 0.811. The highest BCUT2D eigenvalue weighted by Gasteiger charge is 1.46. The number of carboxylic acids is 1. The Morgan fingerprint density at radius 2 is 1.80 bits per heavy atom. The Labute approximate surface area is 33.8 Å². The molecule has 5 heavy (non-hydrogen) atoms. The van der Waals surface area contributed by atoms with Gasteiger partial charge in [0.25, 0.3) is 0 Å². The molecule has 0 aromatic rings. The molecule has 0 saturated heterocycles. The van der Waals surface area contributed by atoms with Crippen LogP contribution in [0.1, 0.15) is 6.92 Å². The minimum atomic E-state index is -1.08. The zero-order valence-corrected chi connectivity index (χ0v) is 4.44. The van der Waals surface area contributed by atoms with Crippen LogP contribution in [-0.4, -0.2) is 5.97 Å². The number of hydrogen-bond donors (Lipinski definition) is 0. The summed E-state index contributed by atoms with van der Waals surface area (Å²) in [6, 6.07) is 0. The van der Waals surface area contributed by atoms with Gasteiger partial charge in [0, 0.05) is 5.97 Å². The zero-order chi connectivity index (χ0) is 3.58. The third kappa shape index (κ3) is 1410. The van der Waals surface area contributed by atoms with Gasteiger partial charge in [-0.25, -0.2) is 0 Å². The van der Waals surface area contributed by atoms with Gasteiger partial charge in [-0.3, -0.25) is 0 Å². The summed E-state index contributed by atoms with van der Waals surface area (Å²) in [6.07, 6.45) is 0. The van der Waals surface area contributed by atoms with Gasteiger partial charge >= 0.3 is 0 Å². The van der Waals surface area contributed by atoms with Crippen LogP contribution in [-0.2, 0) is 4.79 Å². The van der Waals surface area contributed by atoms with Crippen molar-refractivity contribution in [3.8, 4) is 0 Å². The predicted octanol–water partition coefficient (Wildman–Crippen LogP) is -1.19. The van der Waals surface area contributed by atoms with Gasteiger partial charge in [-0.15, -0.1) is 0 Å². The minimum absolute atomic E-state index is 0. The van der Waals surface area contributed by atoms with Crippen LogP contribution in [0.4, 0.5) is 0 Å². The maximum Gasteiger partial charge on any atom is 0.0383 e.